The third-order valence-corrected chi connectivity index (χ3v) is 5.71. The molecule has 2 fully saturated rings. The van der Waals surface area contributed by atoms with E-state index in [1.165, 1.54) is 11.1 Å². The molecule has 1 aromatic rings. The highest BCUT2D eigenvalue weighted by Crippen LogP contribution is 2.34. The first kappa shape index (κ1) is 15.7. The largest absolute Gasteiger partial charge is 0.339 e. The van der Waals surface area contributed by atoms with E-state index < -0.39 is 0 Å². The third-order valence-electron chi connectivity index (χ3n) is 5.71. The molecule has 0 N–H and O–H groups in total. The summed E-state index contributed by atoms with van der Waals surface area (Å²) in [5.74, 6) is 0.251. The van der Waals surface area contributed by atoms with Crippen LogP contribution in [0.25, 0.3) is 0 Å². The molecule has 2 aliphatic carbocycles. The number of hydrogen-bond acceptors (Lipinski definition) is 2. The summed E-state index contributed by atoms with van der Waals surface area (Å²) in [4.78, 5) is 29.4. The predicted molar refractivity (Wildman–Crippen MR) is 92.5 cm³/mol. The van der Waals surface area contributed by atoms with Crippen LogP contribution in [0.5, 0.6) is 0 Å². The SMILES string of the molecule is CCCN(C(=O)[C@@H]1CC(=O)N(C2CC2)C1)C1Cc2ccccc2C1. The zero-order chi connectivity index (χ0) is 16.7. The first-order valence-corrected chi connectivity index (χ1v) is 9.34. The van der Waals surface area contributed by atoms with Gasteiger partial charge in [0.15, 0.2) is 0 Å². The van der Waals surface area contributed by atoms with Gasteiger partial charge in [-0.05, 0) is 43.2 Å². The minimum Gasteiger partial charge on any atom is -0.339 e. The number of fused-ring (bicyclic) bond motifs is 1. The number of likely N-dealkylation sites (tertiary alicyclic amines) is 1. The molecule has 0 bridgehead atoms. The summed E-state index contributed by atoms with van der Waals surface area (Å²) in [6.07, 6.45) is 5.51. The fourth-order valence-electron chi connectivity index (χ4n) is 4.34. The molecular weight excluding hydrogens is 300 g/mol. The topological polar surface area (TPSA) is 40.6 Å². The molecule has 1 saturated heterocycles. The Morgan fingerprint density at radius 2 is 1.83 bits per heavy atom. The number of carbonyl (C=O) groups is 2. The monoisotopic (exact) mass is 326 g/mol. The van der Waals surface area contributed by atoms with Crippen LogP contribution < -0.4 is 0 Å². The maximum Gasteiger partial charge on any atom is 0.228 e. The molecule has 0 aromatic heterocycles. The lowest BCUT2D eigenvalue weighted by atomic mass is 10.0. The van der Waals surface area contributed by atoms with E-state index in [0.29, 0.717) is 19.0 Å². The smallest absolute Gasteiger partial charge is 0.228 e. The van der Waals surface area contributed by atoms with Crippen molar-refractivity contribution in [2.45, 2.75) is 57.5 Å². The Morgan fingerprint density at radius 1 is 1.17 bits per heavy atom. The van der Waals surface area contributed by atoms with Gasteiger partial charge in [-0.2, -0.15) is 0 Å². The molecule has 1 saturated carbocycles. The lowest BCUT2D eigenvalue weighted by Crippen LogP contribution is -2.45. The summed E-state index contributed by atoms with van der Waals surface area (Å²) in [6, 6.07) is 9.20. The maximum absolute atomic E-state index is 13.2. The van der Waals surface area contributed by atoms with Crippen molar-refractivity contribution in [2.24, 2.45) is 5.92 Å². The van der Waals surface area contributed by atoms with Gasteiger partial charge in [0.1, 0.15) is 0 Å². The van der Waals surface area contributed by atoms with Crippen LogP contribution in [0.2, 0.25) is 0 Å². The van der Waals surface area contributed by atoms with E-state index in [4.69, 9.17) is 0 Å². The summed E-state index contributed by atoms with van der Waals surface area (Å²) in [5.41, 5.74) is 2.75. The van der Waals surface area contributed by atoms with Gasteiger partial charge in [0.2, 0.25) is 11.8 Å². The second-order valence-electron chi connectivity index (χ2n) is 7.54. The molecule has 1 aromatic carbocycles. The summed E-state index contributed by atoms with van der Waals surface area (Å²) in [7, 11) is 0. The first-order chi connectivity index (χ1) is 11.7. The van der Waals surface area contributed by atoms with Crippen molar-refractivity contribution in [1.29, 1.82) is 0 Å². The van der Waals surface area contributed by atoms with Crippen LogP contribution in [0, 0.1) is 5.92 Å². The Hall–Kier alpha value is -1.84. The van der Waals surface area contributed by atoms with Gasteiger partial charge in [-0.15, -0.1) is 0 Å². The fourth-order valence-corrected chi connectivity index (χ4v) is 4.34. The van der Waals surface area contributed by atoms with Crippen molar-refractivity contribution in [1.82, 2.24) is 9.80 Å². The molecule has 4 heteroatoms. The van der Waals surface area contributed by atoms with Crippen LogP contribution in [-0.2, 0) is 22.4 Å². The molecule has 0 spiro atoms. The quantitative estimate of drug-likeness (QED) is 0.834. The molecule has 4 nitrogen and oxygen atoms in total. The van der Waals surface area contributed by atoms with E-state index in [9.17, 15) is 9.59 Å². The maximum atomic E-state index is 13.2. The average molecular weight is 326 g/mol. The van der Waals surface area contributed by atoms with Crippen LogP contribution in [0.4, 0.5) is 0 Å². The van der Waals surface area contributed by atoms with Crippen molar-refractivity contribution in [3.8, 4) is 0 Å². The van der Waals surface area contributed by atoms with Crippen LogP contribution >= 0.6 is 0 Å². The molecule has 1 aliphatic heterocycles. The Bertz CT molecular complexity index is 628. The van der Waals surface area contributed by atoms with E-state index in [1.807, 2.05) is 4.90 Å². The van der Waals surface area contributed by atoms with Gasteiger partial charge < -0.3 is 9.80 Å². The Balaban J connectivity index is 1.47. The summed E-state index contributed by atoms with van der Waals surface area (Å²) in [5, 5.41) is 0. The minimum atomic E-state index is -0.131. The molecule has 2 amide bonds. The standard InChI is InChI=1S/C20H26N2O2/c1-2-9-21(18-10-14-5-3-4-6-15(14)11-18)20(24)16-12-19(23)22(13-16)17-7-8-17/h3-6,16-18H,2,7-13H2,1H3/t16-/m1/s1. The van der Waals surface area contributed by atoms with Crippen molar-refractivity contribution >= 4 is 11.8 Å². The lowest BCUT2D eigenvalue weighted by Gasteiger charge is -2.31. The van der Waals surface area contributed by atoms with Gasteiger partial charge in [0, 0.05) is 31.6 Å². The van der Waals surface area contributed by atoms with E-state index >= 15 is 0 Å². The number of carbonyl (C=O) groups excluding carboxylic acids is 2. The summed E-state index contributed by atoms with van der Waals surface area (Å²) >= 11 is 0. The predicted octanol–water partition coefficient (Wildman–Crippen LogP) is 2.40. The van der Waals surface area contributed by atoms with Gasteiger partial charge in [0.25, 0.3) is 0 Å². The molecule has 0 unspecified atom stereocenters. The van der Waals surface area contributed by atoms with Crippen molar-refractivity contribution in [3.63, 3.8) is 0 Å². The molecule has 128 valence electrons. The van der Waals surface area contributed by atoms with Crippen molar-refractivity contribution in [3.05, 3.63) is 35.4 Å². The van der Waals surface area contributed by atoms with Crippen LogP contribution in [0.1, 0.15) is 43.7 Å². The van der Waals surface area contributed by atoms with Crippen molar-refractivity contribution in [2.75, 3.05) is 13.1 Å². The zero-order valence-corrected chi connectivity index (χ0v) is 14.4. The van der Waals surface area contributed by atoms with Crippen LogP contribution in [0.15, 0.2) is 24.3 Å². The van der Waals surface area contributed by atoms with Gasteiger partial charge in [-0.1, -0.05) is 31.2 Å². The summed E-state index contributed by atoms with van der Waals surface area (Å²) < 4.78 is 0. The molecule has 3 aliphatic rings. The Labute approximate surface area is 143 Å². The molecule has 4 rings (SSSR count). The molecular formula is C20H26N2O2. The molecule has 1 atom stereocenters. The van der Waals surface area contributed by atoms with Gasteiger partial charge in [0.05, 0.1) is 5.92 Å². The Morgan fingerprint density at radius 3 is 2.42 bits per heavy atom. The van der Waals surface area contributed by atoms with Gasteiger partial charge in [-0.25, -0.2) is 0 Å². The van der Waals surface area contributed by atoms with E-state index in [-0.39, 0.29) is 23.8 Å². The number of benzene rings is 1. The molecule has 24 heavy (non-hydrogen) atoms. The molecule has 0 radical (unpaired) electrons. The fraction of sp³-hybridized carbons (Fsp3) is 0.600. The molecule has 1 heterocycles. The highest BCUT2D eigenvalue weighted by atomic mass is 16.2. The first-order valence-electron chi connectivity index (χ1n) is 9.34. The average Bonchev–Trinajstić information content (AvgIpc) is 3.21. The van der Waals surface area contributed by atoms with Crippen molar-refractivity contribution < 1.29 is 9.59 Å². The minimum absolute atomic E-state index is 0.131. The third kappa shape index (κ3) is 2.83. The second kappa shape index (κ2) is 6.23. The van der Waals surface area contributed by atoms with Crippen LogP contribution in [-0.4, -0.2) is 46.8 Å². The number of amides is 2. The Kier molecular flexibility index (Phi) is 4.07. The van der Waals surface area contributed by atoms with Crippen LogP contribution in [0.3, 0.4) is 0 Å². The van der Waals surface area contributed by atoms with Gasteiger partial charge in [-0.3, -0.25) is 9.59 Å². The number of hydrogen-bond donors (Lipinski definition) is 0. The lowest BCUT2D eigenvalue weighted by molar-refractivity contribution is -0.138. The summed E-state index contributed by atoms with van der Waals surface area (Å²) in [6.45, 7) is 3.56. The van der Waals surface area contributed by atoms with E-state index in [0.717, 1.165) is 38.6 Å². The zero-order valence-electron chi connectivity index (χ0n) is 14.4. The van der Waals surface area contributed by atoms with E-state index in [1.54, 1.807) is 0 Å². The highest BCUT2D eigenvalue weighted by molar-refractivity contribution is 5.89. The normalized spacial score (nSPS) is 23.6. The van der Waals surface area contributed by atoms with Gasteiger partial charge >= 0.3 is 0 Å². The second-order valence-corrected chi connectivity index (χ2v) is 7.54. The number of nitrogens with zero attached hydrogens (tertiary/aromatic N) is 2. The van der Waals surface area contributed by atoms with E-state index in [2.05, 4.69) is 36.1 Å². The number of rotatable bonds is 5. The highest BCUT2D eigenvalue weighted by Gasteiger charge is 2.43.